The van der Waals surface area contributed by atoms with Gasteiger partial charge in [0.2, 0.25) is 0 Å². The highest BCUT2D eigenvalue weighted by molar-refractivity contribution is 5.36. The molecule has 5 nitrogen and oxygen atoms in total. The molecule has 0 amide bonds. The summed E-state index contributed by atoms with van der Waals surface area (Å²) in [5, 5.41) is 20.0. The Labute approximate surface area is 99.4 Å². The van der Waals surface area contributed by atoms with E-state index in [1.54, 1.807) is 12.1 Å². The molecule has 3 N–H and O–H groups in total. The molecule has 92 valence electrons. The maximum absolute atomic E-state index is 10.6. The highest BCUT2D eigenvalue weighted by atomic mass is 16.6. The Bertz CT molecular complexity index is 408. The molecule has 0 spiro atoms. The van der Waals surface area contributed by atoms with Crippen molar-refractivity contribution in [1.82, 2.24) is 0 Å². The number of nitrogens with two attached hydrogens (primary N) is 1. The molecule has 5 heteroatoms. The van der Waals surface area contributed by atoms with Gasteiger partial charge in [-0.25, -0.2) is 0 Å². The van der Waals surface area contributed by atoms with Crippen molar-refractivity contribution in [2.24, 2.45) is 5.73 Å². The summed E-state index contributed by atoms with van der Waals surface area (Å²) in [7, 11) is 0. The fourth-order valence-corrected chi connectivity index (χ4v) is 2.32. The van der Waals surface area contributed by atoms with Gasteiger partial charge in [0, 0.05) is 17.7 Å². The van der Waals surface area contributed by atoms with Crippen LogP contribution < -0.4 is 5.73 Å². The number of hydrogen-bond acceptors (Lipinski definition) is 4. The van der Waals surface area contributed by atoms with Crippen LogP contribution in [0.15, 0.2) is 24.3 Å². The van der Waals surface area contributed by atoms with Gasteiger partial charge in [0.05, 0.1) is 11.0 Å². The first-order valence-electron chi connectivity index (χ1n) is 5.73. The summed E-state index contributed by atoms with van der Waals surface area (Å²) in [6.45, 7) is 0. The number of rotatable bonds is 2. The summed E-state index contributed by atoms with van der Waals surface area (Å²) in [4.78, 5) is 10.1. The minimum Gasteiger partial charge on any atom is -0.393 e. The Morgan fingerprint density at radius 2 is 1.82 bits per heavy atom. The predicted molar refractivity (Wildman–Crippen MR) is 63.4 cm³/mol. The van der Waals surface area contributed by atoms with E-state index in [0.29, 0.717) is 25.7 Å². The summed E-state index contributed by atoms with van der Waals surface area (Å²) in [5.41, 5.74) is 6.83. The minimum atomic E-state index is -0.450. The van der Waals surface area contributed by atoms with Gasteiger partial charge in [0.25, 0.3) is 5.69 Å². The van der Waals surface area contributed by atoms with Crippen molar-refractivity contribution in [2.45, 2.75) is 37.3 Å². The van der Waals surface area contributed by atoms with Crippen molar-refractivity contribution in [3.8, 4) is 0 Å². The number of aliphatic hydroxyl groups excluding tert-OH is 1. The van der Waals surface area contributed by atoms with Crippen molar-refractivity contribution in [2.75, 3.05) is 0 Å². The van der Waals surface area contributed by atoms with Gasteiger partial charge in [-0.05, 0) is 31.2 Å². The van der Waals surface area contributed by atoms with Crippen molar-refractivity contribution in [1.29, 1.82) is 0 Å². The number of hydrogen-bond donors (Lipinski definition) is 2. The van der Waals surface area contributed by atoms with Gasteiger partial charge in [-0.1, -0.05) is 12.1 Å². The molecule has 1 fully saturated rings. The number of nitro benzene ring substituents is 1. The molecule has 17 heavy (non-hydrogen) atoms. The van der Waals surface area contributed by atoms with Crippen LogP contribution in [0.2, 0.25) is 0 Å². The Morgan fingerprint density at radius 1 is 1.29 bits per heavy atom. The molecule has 0 unspecified atom stereocenters. The van der Waals surface area contributed by atoms with Crippen LogP contribution in [0.5, 0.6) is 0 Å². The second kappa shape index (κ2) is 4.43. The van der Waals surface area contributed by atoms with E-state index in [4.69, 9.17) is 5.73 Å². The van der Waals surface area contributed by atoms with Gasteiger partial charge in [0.15, 0.2) is 0 Å². The fraction of sp³-hybridized carbons (Fsp3) is 0.500. The van der Waals surface area contributed by atoms with E-state index >= 15 is 0 Å². The van der Waals surface area contributed by atoms with E-state index in [0.717, 1.165) is 5.56 Å². The number of non-ortho nitro benzene ring substituents is 1. The summed E-state index contributed by atoms with van der Waals surface area (Å²) < 4.78 is 0. The topological polar surface area (TPSA) is 89.4 Å². The predicted octanol–water partition coefficient (Wildman–Crippen LogP) is 1.68. The van der Waals surface area contributed by atoms with E-state index in [2.05, 4.69) is 0 Å². The van der Waals surface area contributed by atoms with Crippen LogP contribution in [0.4, 0.5) is 5.69 Å². The molecule has 1 aromatic carbocycles. The summed E-state index contributed by atoms with van der Waals surface area (Å²) in [6.07, 6.45) is 2.54. The first-order chi connectivity index (χ1) is 8.01. The molecule has 0 atom stereocenters. The smallest absolute Gasteiger partial charge is 0.269 e. The van der Waals surface area contributed by atoms with Gasteiger partial charge < -0.3 is 10.8 Å². The molecule has 1 aromatic rings. The van der Waals surface area contributed by atoms with Gasteiger partial charge in [-0.2, -0.15) is 0 Å². The van der Waals surface area contributed by atoms with E-state index in [-0.39, 0.29) is 11.8 Å². The Balaban J connectivity index is 2.19. The molecule has 1 aliphatic rings. The molecule has 0 saturated heterocycles. The van der Waals surface area contributed by atoms with E-state index in [1.807, 2.05) is 0 Å². The van der Waals surface area contributed by atoms with Crippen molar-refractivity contribution >= 4 is 5.69 Å². The first kappa shape index (κ1) is 12.0. The first-order valence-corrected chi connectivity index (χ1v) is 5.73. The monoisotopic (exact) mass is 236 g/mol. The van der Waals surface area contributed by atoms with Crippen LogP contribution in [-0.4, -0.2) is 16.1 Å². The van der Waals surface area contributed by atoms with Crippen molar-refractivity contribution in [3.63, 3.8) is 0 Å². The number of aliphatic hydroxyl groups is 1. The third-order valence-electron chi connectivity index (χ3n) is 3.50. The van der Waals surface area contributed by atoms with E-state index < -0.39 is 10.5 Å². The summed E-state index contributed by atoms with van der Waals surface area (Å²) in [6, 6.07) is 6.40. The number of nitrogens with zero attached hydrogens (tertiary/aromatic N) is 1. The van der Waals surface area contributed by atoms with Gasteiger partial charge in [-0.3, -0.25) is 10.1 Å². The molecule has 0 aliphatic heterocycles. The molecule has 0 bridgehead atoms. The molecular weight excluding hydrogens is 220 g/mol. The normalized spacial score (nSPS) is 28.9. The lowest BCUT2D eigenvalue weighted by Gasteiger charge is -2.35. The molecule has 2 rings (SSSR count). The highest BCUT2D eigenvalue weighted by Gasteiger charge is 2.32. The van der Waals surface area contributed by atoms with Crippen molar-refractivity contribution < 1.29 is 10.0 Å². The van der Waals surface area contributed by atoms with Gasteiger partial charge in [0.1, 0.15) is 0 Å². The van der Waals surface area contributed by atoms with Crippen LogP contribution in [0.25, 0.3) is 0 Å². The Hall–Kier alpha value is -1.46. The third-order valence-corrected chi connectivity index (χ3v) is 3.50. The molecule has 1 saturated carbocycles. The summed E-state index contributed by atoms with van der Waals surface area (Å²) >= 11 is 0. The Kier molecular flexibility index (Phi) is 3.13. The molecule has 0 aromatic heterocycles. The number of nitro groups is 1. The van der Waals surface area contributed by atoms with Crippen LogP contribution >= 0.6 is 0 Å². The minimum absolute atomic E-state index is 0.0770. The molecule has 1 aliphatic carbocycles. The zero-order valence-corrected chi connectivity index (χ0v) is 9.50. The average molecular weight is 236 g/mol. The number of benzene rings is 1. The quantitative estimate of drug-likeness (QED) is 0.604. The second-order valence-electron chi connectivity index (χ2n) is 4.69. The maximum Gasteiger partial charge on any atom is 0.269 e. The van der Waals surface area contributed by atoms with Crippen LogP contribution in [0, 0.1) is 10.1 Å². The molecule has 0 heterocycles. The molecule has 0 radical (unpaired) electrons. The van der Waals surface area contributed by atoms with E-state index in [9.17, 15) is 15.2 Å². The van der Waals surface area contributed by atoms with E-state index in [1.165, 1.54) is 12.1 Å². The second-order valence-corrected chi connectivity index (χ2v) is 4.69. The Morgan fingerprint density at radius 3 is 2.29 bits per heavy atom. The van der Waals surface area contributed by atoms with Crippen LogP contribution in [-0.2, 0) is 5.54 Å². The average Bonchev–Trinajstić information content (AvgIpc) is 2.33. The van der Waals surface area contributed by atoms with Gasteiger partial charge >= 0.3 is 0 Å². The highest BCUT2D eigenvalue weighted by Crippen LogP contribution is 2.35. The zero-order valence-electron chi connectivity index (χ0n) is 9.50. The molecular formula is C12H16N2O3. The largest absolute Gasteiger partial charge is 0.393 e. The lowest BCUT2D eigenvalue weighted by Crippen LogP contribution is -2.41. The fourth-order valence-electron chi connectivity index (χ4n) is 2.32. The SMILES string of the molecule is NC1(c2ccc([N+](=O)[O-])cc2)CCC(O)CC1. The lowest BCUT2D eigenvalue weighted by atomic mass is 9.76. The van der Waals surface area contributed by atoms with Gasteiger partial charge in [-0.15, -0.1) is 0 Å². The van der Waals surface area contributed by atoms with Crippen LogP contribution in [0.1, 0.15) is 31.2 Å². The lowest BCUT2D eigenvalue weighted by molar-refractivity contribution is -0.384. The van der Waals surface area contributed by atoms with Crippen LogP contribution in [0.3, 0.4) is 0 Å². The maximum atomic E-state index is 10.6. The van der Waals surface area contributed by atoms with Crippen molar-refractivity contribution in [3.05, 3.63) is 39.9 Å². The zero-order chi connectivity index (χ0) is 12.5. The summed E-state index contributed by atoms with van der Waals surface area (Å²) in [5.74, 6) is 0. The standard InChI is InChI=1S/C12H16N2O3/c13-12(7-5-11(15)6-8-12)9-1-3-10(4-2-9)14(16)17/h1-4,11,15H,5-8,13H2. The third kappa shape index (κ3) is 2.45.